The monoisotopic (exact) mass is 330 g/mol. The van der Waals surface area contributed by atoms with Gasteiger partial charge in [0.15, 0.2) is 0 Å². The number of hydrogen-bond donors (Lipinski definition) is 1. The average molecular weight is 331 g/mol. The second-order valence-electron chi connectivity index (χ2n) is 5.52. The van der Waals surface area contributed by atoms with Crippen molar-refractivity contribution in [2.75, 3.05) is 6.54 Å². The van der Waals surface area contributed by atoms with Crippen molar-refractivity contribution in [3.8, 4) is 0 Å². The summed E-state index contributed by atoms with van der Waals surface area (Å²) in [5, 5.41) is 0.271. The first-order valence-electron chi connectivity index (χ1n) is 7.51. The molecular formula is C15H23ClN2O2S. The molecule has 1 heterocycles. The Kier molecular flexibility index (Phi) is 5.66. The lowest BCUT2D eigenvalue weighted by Gasteiger charge is -2.34. The van der Waals surface area contributed by atoms with Crippen LogP contribution in [0.15, 0.2) is 23.1 Å². The van der Waals surface area contributed by atoms with Crippen molar-refractivity contribution in [2.45, 2.75) is 56.5 Å². The van der Waals surface area contributed by atoms with Crippen molar-refractivity contribution in [3.05, 3.63) is 28.8 Å². The minimum Gasteiger partial charge on any atom is -0.326 e. The van der Waals surface area contributed by atoms with Gasteiger partial charge in [0.05, 0.1) is 5.02 Å². The van der Waals surface area contributed by atoms with Crippen LogP contribution in [0.1, 0.15) is 44.6 Å². The van der Waals surface area contributed by atoms with Crippen molar-refractivity contribution >= 4 is 21.6 Å². The van der Waals surface area contributed by atoms with Gasteiger partial charge in [0.25, 0.3) is 0 Å². The van der Waals surface area contributed by atoms with Gasteiger partial charge in [-0.05, 0) is 37.0 Å². The molecule has 1 fully saturated rings. The van der Waals surface area contributed by atoms with Gasteiger partial charge >= 0.3 is 0 Å². The Morgan fingerprint density at radius 2 is 2.14 bits per heavy atom. The topological polar surface area (TPSA) is 63.4 Å². The molecule has 1 unspecified atom stereocenters. The average Bonchev–Trinajstić information content (AvgIpc) is 2.48. The van der Waals surface area contributed by atoms with E-state index in [2.05, 4.69) is 6.92 Å². The summed E-state index contributed by atoms with van der Waals surface area (Å²) in [5.74, 6) is 0. The summed E-state index contributed by atoms with van der Waals surface area (Å²) < 4.78 is 27.6. The number of rotatable bonds is 5. The van der Waals surface area contributed by atoms with Gasteiger partial charge < -0.3 is 5.73 Å². The van der Waals surface area contributed by atoms with Crippen molar-refractivity contribution in [1.29, 1.82) is 0 Å². The molecular weight excluding hydrogens is 308 g/mol. The van der Waals surface area contributed by atoms with Crippen LogP contribution in [-0.2, 0) is 16.6 Å². The summed E-state index contributed by atoms with van der Waals surface area (Å²) in [7, 11) is -3.55. The molecule has 118 valence electrons. The Balaban J connectivity index is 2.40. The number of nitrogens with two attached hydrogens (primary N) is 1. The van der Waals surface area contributed by atoms with E-state index in [1.165, 1.54) is 0 Å². The largest absolute Gasteiger partial charge is 0.326 e. The van der Waals surface area contributed by atoms with E-state index in [9.17, 15) is 8.42 Å². The van der Waals surface area contributed by atoms with Crippen LogP contribution in [0, 0.1) is 0 Å². The Bertz CT molecular complexity index is 587. The smallest absolute Gasteiger partial charge is 0.244 e. The van der Waals surface area contributed by atoms with Gasteiger partial charge in [-0.1, -0.05) is 37.4 Å². The molecule has 2 N–H and O–H groups in total. The van der Waals surface area contributed by atoms with Crippen LogP contribution in [0.4, 0.5) is 0 Å². The number of nitrogens with zero attached hydrogens (tertiary/aromatic N) is 1. The Hall–Kier alpha value is -0.620. The number of benzene rings is 1. The summed E-state index contributed by atoms with van der Waals surface area (Å²) in [4.78, 5) is 0.190. The maximum Gasteiger partial charge on any atom is 0.244 e. The molecule has 0 spiro atoms. The van der Waals surface area contributed by atoms with E-state index in [0.717, 1.165) is 37.7 Å². The fourth-order valence-electron chi connectivity index (χ4n) is 2.91. The predicted molar refractivity (Wildman–Crippen MR) is 85.8 cm³/mol. The number of halogens is 1. The highest BCUT2D eigenvalue weighted by atomic mass is 35.5. The van der Waals surface area contributed by atoms with Gasteiger partial charge in [0.1, 0.15) is 4.90 Å². The number of hydrogen-bond acceptors (Lipinski definition) is 3. The maximum atomic E-state index is 13.0. The normalized spacial score (nSPS) is 20.6. The molecule has 0 radical (unpaired) electrons. The predicted octanol–water partition coefficient (Wildman–Crippen LogP) is 3.14. The van der Waals surface area contributed by atoms with Crippen LogP contribution in [-0.4, -0.2) is 25.3 Å². The zero-order valence-electron chi connectivity index (χ0n) is 12.4. The molecule has 1 saturated heterocycles. The highest BCUT2D eigenvalue weighted by molar-refractivity contribution is 7.89. The van der Waals surface area contributed by atoms with Crippen LogP contribution in [0.25, 0.3) is 0 Å². The van der Waals surface area contributed by atoms with Crippen LogP contribution in [0.5, 0.6) is 0 Å². The molecule has 1 aromatic carbocycles. The van der Waals surface area contributed by atoms with Gasteiger partial charge in [0, 0.05) is 19.1 Å². The standard InChI is InChI=1S/C15H23ClN2O2S/c1-2-5-13-6-3-4-9-18(13)21(19,20)15-10-12(11-17)7-8-14(15)16/h7-8,10,13H,2-6,9,11,17H2,1H3. The highest BCUT2D eigenvalue weighted by Crippen LogP contribution is 2.31. The van der Waals surface area contributed by atoms with Crippen molar-refractivity contribution in [1.82, 2.24) is 4.31 Å². The molecule has 1 atom stereocenters. The van der Waals surface area contributed by atoms with E-state index in [-0.39, 0.29) is 16.0 Å². The SMILES string of the molecule is CCCC1CCCCN1S(=O)(=O)c1cc(CN)ccc1Cl. The summed E-state index contributed by atoms with van der Waals surface area (Å²) in [6.07, 6.45) is 4.81. The molecule has 0 saturated carbocycles. The molecule has 6 heteroatoms. The van der Waals surface area contributed by atoms with Crippen LogP contribution < -0.4 is 5.73 Å². The van der Waals surface area contributed by atoms with Gasteiger partial charge in [-0.2, -0.15) is 4.31 Å². The molecule has 0 aromatic heterocycles. The summed E-state index contributed by atoms with van der Waals surface area (Å²) >= 11 is 6.14. The van der Waals surface area contributed by atoms with E-state index in [1.807, 2.05) is 0 Å². The van der Waals surface area contributed by atoms with E-state index >= 15 is 0 Å². The van der Waals surface area contributed by atoms with Crippen molar-refractivity contribution in [3.63, 3.8) is 0 Å². The fourth-order valence-corrected chi connectivity index (χ4v) is 5.16. The zero-order valence-corrected chi connectivity index (χ0v) is 14.0. The fraction of sp³-hybridized carbons (Fsp3) is 0.600. The molecule has 4 nitrogen and oxygen atoms in total. The second-order valence-corrected chi connectivity index (χ2v) is 7.79. The first-order valence-corrected chi connectivity index (χ1v) is 9.32. The quantitative estimate of drug-likeness (QED) is 0.902. The van der Waals surface area contributed by atoms with Gasteiger partial charge in [0.2, 0.25) is 10.0 Å². The van der Waals surface area contributed by atoms with E-state index in [1.54, 1.807) is 22.5 Å². The van der Waals surface area contributed by atoms with Crippen molar-refractivity contribution in [2.24, 2.45) is 5.73 Å². The van der Waals surface area contributed by atoms with Crippen LogP contribution in [0.2, 0.25) is 5.02 Å². The second kappa shape index (κ2) is 7.09. The molecule has 0 amide bonds. The van der Waals surface area contributed by atoms with Gasteiger partial charge in [-0.15, -0.1) is 0 Å². The van der Waals surface area contributed by atoms with E-state index < -0.39 is 10.0 Å². The minimum absolute atomic E-state index is 0.0892. The number of sulfonamides is 1. The van der Waals surface area contributed by atoms with E-state index in [0.29, 0.717) is 13.1 Å². The molecule has 1 aliphatic heterocycles. The zero-order chi connectivity index (χ0) is 15.5. The number of piperidine rings is 1. The molecule has 1 aliphatic rings. The first-order chi connectivity index (χ1) is 10.0. The van der Waals surface area contributed by atoms with Crippen molar-refractivity contribution < 1.29 is 8.42 Å². The highest BCUT2D eigenvalue weighted by Gasteiger charge is 2.34. The minimum atomic E-state index is -3.55. The summed E-state index contributed by atoms with van der Waals surface area (Å²) in [6, 6.07) is 5.08. The van der Waals surface area contributed by atoms with E-state index in [4.69, 9.17) is 17.3 Å². The van der Waals surface area contributed by atoms with Crippen LogP contribution >= 0.6 is 11.6 Å². The van der Waals surface area contributed by atoms with Gasteiger partial charge in [-0.3, -0.25) is 0 Å². The molecule has 1 aromatic rings. The first kappa shape index (κ1) is 16.7. The third-order valence-electron chi connectivity index (χ3n) is 4.01. The molecule has 0 aliphatic carbocycles. The Morgan fingerprint density at radius 3 is 2.81 bits per heavy atom. The lowest BCUT2D eigenvalue weighted by Crippen LogP contribution is -2.43. The van der Waals surface area contributed by atoms with Crippen LogP contribution in [0.3, 0.4) is 0 Å². The third kappa shape index (κ3) is 3.59. The Labute approximate surface area is 132 Å². The summed E-state index contributed by atoms with van der Waals surface area (Å²) in [5.41, 5.74) is 6.39. The molecule has 21 heavy (non-hydrogen) atoms. The molecule has 0 bridgehead atoms. The molecule has 2 rings (SSSR count). The summed E-state index contributed by atoms with van der Waals surface area (Å²) in [6.45, 7) is 2.97. The lowest BCUT2D eigenvalue weighted by molar-refractivity contribution is 0.239. The lowest BCUT2D eigenvalue weighted by atomic mass is 10.0. The Morgan fingerprint density at radius 1 is 1.38 bits per heavy atom. The maximum absolute atomic E-state index is 13.0. The third-order valence-corrected chi connectivity index (χ3v) is 6.45. The van der Waals surface area contributed by atoms with Gasteiger partial charge in [-0.25, -0.2) is 8.42 Å².